The molecule has 2 N–H and O–H groups in total. The van der Waals surface area contributed by atoms with E-state index in [1.54, 1.807) is 18.2 Å². The molecule has 1 saturated heterocycles. The minimum Gasteiger partial charge on any atom is -0.435 e. The van der Waals surface area contributed by atoms with Gasteiger partial charge in [-0.2, -0.15) is 8.78 Å². The molecule has 0 aliphatic carbocycles. The van der Waals surface area contributed by atoms with E-state index in [1.807, 2.05) is 4.90 Å². The normalized spacial score (nSPS) is 15.6. The zero-order chi connectivity index (χ0) is 15.1. The largest absolute Gasteiger partial charge is 0.435 e. The van der Waals surface area contributed by atoms with Crippen molar-refractivity contribution in [1.82, 2.24) is 4.90 Å². The van der Waals surface area contributed by atoms with Gasteiger partial charge in [-0.1, -0.05) is 18.2 Å². The maximum atomic E-state index is 12.3. The first-order valence-electron chi connectivity index (χ1n) is 6.82. The van der Waals surface area contributed by atoms with Crippen LogP contribution in [0.3, 0.4) is 0 Å². The Morgan fingerprint density at radius 2 is 2.00 bits per heavy atom. The Bertz CT molecular complexity index is 483. The van der Waals surface area contributed by atoms with Crippen molar-refractivity contribution in [3.05, 3.63) is 29.8 Å². The first kappa shape index (κ1) is 18.9. The second kappa shape index (κ2) is 9.78. The van der Waals surface area contributed by atoms with Crippen molar-refractivity contribution in [3.63, 3.8) is 0 Å². The lowest BCUT2D eigenvalue weighted by Crippen LogP contribution is -2.44. The Balaban J connectivity index is 0.00000242. The highest BCUT2D eigenvalue weighted by Crippen LogP contribution is 2.20. The molecule has 0 aromatic heterocycles. The maximum Gasteiger partial charge on any atom is 0.387 e. The van der Waals surface area contributed by atoms with Crippen molar-refractivity contribution in [3.8, 4) is 5.75 Å². The highest BCUT2D eigenvalue weighted by atomic mass is 127. The number of rotatable bonds is 5. The highest BCUT2D eigenvalue weighted by molar-refractivity contribution is 14.0. The van der Waals surface area contributed by atoms with Crippen LogP contribution in [0.5, 0.6) is 5.75 Å². The summed E-state index contributed by atoms with van der Waals surface area (Å²) in [6.45, 7) is 0.323. The molecule has 0 spiro atoms. The number of morpholine rings is 1. The van der Waals surface area contributed by atoms with E-state index >= 15 is 0 Å². The molecule has 1 aliphatic rings. The molecule has 1 fully saturated rings. The van der Waals surface area contributed by atoms with Crippen molar-refractivity contribution in [1.29, 1.82) is 0 Å². The van der Waals surface area contributed by atoms with Crippen LogP contribution in [0, 0.1) is 0 Å². The summed E-state index contributed by atoms with van der Waals surface area (Å²) in [5.74, 6) is 0.651. The van der Waals surface area contributed by atoms with E-state index in [0.29, 0.717) is 37.7 Å². The molecule has 1 aromatic carbocycles. The molecule has 5 nitrogen and oxygen atoms in total. The number of hydrogen-bond acceptors (Lipinski definition) is 3. The summed E-state index contributed by atoms with van der Waals surface area (Å²) in [4.78, 5) is 6.23. The molecule has 124 valence electrons. The average molecular weight is 427 g/mol. The lowest BCUT2D eigenvalue weighted by atomic mass is 10.1. The van der Waals surface area contributed by atoms with Crippen molar-refractivity contribution >= 4 is 29.9 Å². The number of halogens is 3. The van der Waals surface area contributed by atoms with Crippen LogP contribution in [0.25, 0.3) is 0 Å². The molecule has 1 heterocycles. The van der Waals surface area contributed by atoms with Crippen LogP contribution in [0.15, 0.2) is 29.3 Å². The second-order valence-corrected chi connectivity index (χ2v) is 4.58. The fourth-order valence-electron chi connectivity index (χ4n) is 2.10. The van der Waals surface area contributed by atoms with Crippen molar-refractivity contribution in [2.75, 3.05) is 32.8 Å². The van der Waals surface area contributed by atoms with Gasteiger partial charge in [0.1, 0.15) is 5.75 Å². The Morgan fingerprint density at radius 3 is 2.68 bits per heavy atom. The van der Waals surface area contributed by atoms with Gasteiger partial charge >= 0.3 is 6.61 Å². The maximum absolute atomic E-state index is 12.3. The van der Waals surface area contributed by atoms with E-state index < -0.39 is 6.61 Å². The molecule has 0 atom stereocenters. The third kappa shape index (κ3) is 5.91. The zero-order valence-electron chi connectivity index (χ0n) is 12.1. The molecule has 0 unspecified atom stereocenters. The molecule has 0 radical (unpaired) electrons. The van der Waals surface area contributed by atoms with Crippen LogP contribution in [0.1, 0.15) is 5.56 Å². The van der Waals surface area contributed by atoms with Gasteiger partial charge in [-0.15, -0.1) is 24.0 Å². The highest BCUT2D eigenvalue weighted by Gasteiger charge is 2.12. The molecular formula is C14H20F2IN3O2. The lowest BCUT2D eigenvalue weighted by Gasteiger charge is -2.27. The van der Waals surface area contributed by atoms with Gasteiger partial charge in [0.15, 0.2) is 5.96 Å². The predicted molar refractivity (Wildman–Crippen MR) is 91.1 cm³/mol. The minimum absolute atomic E-state index is 0. The SMILES string of the molecule is I.NC(=NCCc1ccccc1OC(F)F)N1CCOCC1. The van der Waals surface area contributed by atoms with E-state index in [1.165, 1.54) is 6.07 Å². The lowest BCUT2D eigenvalue weighted by molar-refractivity contribution is -0.0504. The monoisotopic (exact) mass is 427 g/mol. The topological polar surface area (TPSA) is 60.1 Å². The third-order valence-electron chi connectivity index (χ3n) is 3.18. The Hall–Kier alpha value is -1.16. The summed E-state index contributed by atoms with van der Waals surface area (Å²) in [5, 5.41) is 0. The van der Waals surface area contributed by atoms with Gasteiger partial charge in [0.25, 0.3) is 0 Å². The van der Waals surface area contributed by atoms with Gasteiger partial charge in [-0.3, -0.25) is 4.99 Å². The number of benzene rings is 1. The van der Waals surface area contributed by atoms with Gasteiger partial charge in [0.05, 0.1) is 13.2 Å². The van der Waals surface area contributed by atoms with Gasteiger partial charge in [0.2, 0.25) is 0 Å². The quantitative estimate of drug-likeness (QED) is 0.444. The molecule has 8 heteroatoms. The fraction of sp³-hybridized carbons (Fsp3) is 0.500. The summed E-state index contributed by atoms with van der Waals surface area (Å²) < 4.78 is 34.3. The minimum atomic E-state index is -2.83. The Labute approximate surface area is 145 Å². The van der Waals surface area contributed by atoms with Gasteiger partial charge in [-0.25, -0.2) is 0 Å². The molecule has 1 aliphatic heterocycles. The molecular weight excluding hydrogens is 407 g/mol. The number of hydrogen-bond donors (Lipinski definition) is 1. The van der Waals surface area contributed by atoms with Crippen LogP contribution >= 0.6 is 24.0 Å². The molecule has 1 aromatic rings. The van der Waals surface area contributed by atoms with Gasteiger partial charge in [-0.05, 0) is 18.1 Å². The molecule has 0 saturated carbocycles. The number of alkyl halides is 2. The standard InChI is InChI=1S/C14H19F2N3O2.HI/c15-13(16)21-12-4-2-1-3-11(12)5-6-18-14(17)19-7-9-20-10-8-19;/h1-4,13H,5-10H2,(H2,17,18);1H. The first-order valence-corrected chi connectivity index (χ1v) is 6.82. The zero-order valence-corrected chi connectivity index (χ0v) is 14.4. The van der Waals surface area contributed by atoms with Crippen LogP contribution in [-0.4, -0.2) is 50.3 Å². The fourth-order valence-corrected chi connectivity index (χ4v) is 2.10. The summed E-state index contributed by atoms with van der Waals surface area (Å²) in [6.07, 6.45) is 0.494. The van der Waals surface area contributed by atoms with Crippen LogP contribution < -0.4 is 10.5 Å². The predicted octanol–water partition coefficient (Wildman–Crippen LogP) is 2.10. The summed E-state index contributed by atoms with van der Waals surface area (Å²) in [7, 11) is 0. The number of nitrogens with two attached hydrogens (primary N) is 1. The molecule has 2 rings (SSSR count). The number of ether oxygens (including phenoxy) is 2. The van der Waals surface area contributed by atoms with Crippen LogP contribution in [-0.2, 0) is 11.2 Å². The van der Waals surface area contributed by atoms with E-state index in [9.17, 15) is 8.78 Å². The molecule has 0 amide bonds. The number of para-hydroxylation sites is 1. The number of nitrogens with zero attached hydrogens (tertiary/aromatic N) is 2. The average Bonchev–Trinajstić information content (AvgIpc) is 2.49. The number of guanidine groups is 1. The summed E-state index contributed by atoms with van der Waals surface area (Å²) >= 11 is 0. The van der Waals surface area contributed by atoms with Crippen molar-refractivity contribution in [2.45, 2.75) is 13.0 Å². The van der Waals surface area contributed by atoms with E-state index in [4.69, 9.17) is 10.5 Å². The van der Waals surface area contributed by atoms with E-state index in [2.05, 4.69) is 9.73 Å². The Kier molecular flexibility index (Phi) is 8.39. The van der Waals surface area contributed by atoms with Crippen LogP contribution in [0.2, 0.25) is 0 Å². The van der Waals surface area contributed by atoms with Crippen molar-refractivity contribution in [2.24, 2.45) is 10.7 Å². The second-order valence-electron chi connectivity index (χ2n) is 4.58. The third-order valence-corrected chi connectivity index (χ3v) is 3.18. The smallest absolute Gasteiger partial charge is 0.387 e. The first-order chi connectivity index (χ1) is 10.2. The summed E-state index contributed by atoms with van der Waals surface area (Å²) in [6, 6.07) is 6.71. The van der Waals surface area contributed by atoms with Crippen LogP contribution in [0.4, 0.5) is 8.78 Å². The number of aliphatic imine (C=N–C) groups is 1. The van der Waals surface area contributed by atoms with Gasteiger partial charge < -0.3 is 20.1 Å². The molecule has 22 heavy (non-hydrogen) atoms. The Morgan fingerprint density at radius 1 is 1.32 bits per heavy atom. The van der Waals surface area contributed by atoms with Crippen molar-refractivity contribution < 1.29 is 18.3 Å². The summed E-state index contributed by atoms with van der Waals surface area (Å²) in [5.41, 5.74) is 6.59. The van der Waals surface area contributed by atoms with E-state index in [0.717, 1.165) is 13.1 Å². The van der Waals surface area contributed by atoms with E-state index in [-0.39, 0.29) is 29.7 Å². The van der Waals surface area contributed by atoms with Gasteiger partial charge in [0, 0.05) is 19.6 Å². The molecule has 0 bridgehead atoms.